The molecule has 4 nitrogen and oxygen atoms in total. The molecule has 0 unspecified atom stereocenters. The van der Waals surface area contributed by atoms with Crippen LogP contribution in [0, 0.1) is 5.41 Å². The van der Waals surface area contributed by atoms with Gasteiger partial charge in [-0.05, 0) is 25.5 Å². The van der Waals surface area contributed by atoms with Crippen molar-refractivity contribution in [3.8, 4) is 5.88 Å². The van der Waals surface area contributed by atoms with Crippen molar-refractivity contribution in [2.45, 2.75) is 26.4 Å². The van der Waals surface area contributed by atoms with Gasteiger partial charge in [0.15, 0.2) is 0 Å². The zero-order valence-electron chi connectivity index (χ0n) is 8.45. The second kappa shape index (κ2) is 4.60. The summed E-state index contributed by atoms with van der Waals surface area (Å²) in [6.45, 7) is 3.89. The Labute approximate surface area is 83.6 Å². The molecule has 0 saturated heterocycles. The smallest absolute Gasteiger partial charge is 0.213 e. The number of amidine groups is 1. The predicted molar refractivity (Wildman–Crippen MR) is 55.6 cm³/mol. The lowest BCUT2D eigenvalue weighted by atomic mass is 10.2. The molecule has 0 aliphatic carbocycles. The fourth-order valence-corrected chi connectivity index (χ4v) is 1.09. The number of ether oxygens (including phenoxy) is 1. The van der Waals surface area contributed by atoms with Crippen molar-refractivity contribution in [1.82, 2.24) is 4.98 Å². The molecule has 0 saturated carbocycles. The maximum Gasteiger partial charge on any atom is 0.213 e. The highest BCUT2D eigenvalue weighted by molar-refractivity contribution is 5.79. The van der Waals surface area contributed by atoms with E-state index in [1.165, 1.54) is 0 Å². The molecule has 76 valence electrons. The predicted octanol–water partition coefficient (Wildman–Crippen LogP) is 1.35. The van der Waals surface area contributed by atoms with Crippen LogP contribution in [-0.2, 0) is 6.42 Å². The van der Waals surface area contributed by atoms with E-state index < -0.39 is 0 Å². The summed E-state index contributed by atoms with van der Waals surface area (Å²) in [5.41, 5.74) is 6.25. The number of pyridine rings is 1. The third kappa shape index (κ3) is 3.43. The quantitative estimate of drug-likeness (QED) is 0.560. The molecule has 3 N–H and O–H groups in total. The molecule has 0 amide bonds. The number of nitrogens with two attached hydrogens (primary N) is 1. The first-order valence-electron chi connectivity index (χ1n) is 4.52. The first-order valence-corrected chi connectivity index (χ1v) is 4.52. The lowest BCUT2D eigenvalue weighted by molar-refractivity contribution is 0.232. The average molecular weight is 193 g/mol. The van der Waals surface area contributed by atoms with Gasteiger partial charge in [-0.15, -0.1) is 0 Å². The van der Waals surface area contributed by atoms with E-state index in [0.717, 1.165) is 5.56 Å². The zero-order valence-corrected chi connectivity index (χ0v) is 8.45. The Morgan fingerprint density at radius 2 is 2.36 bits per heavy atom. The monoisotopic (exact) mass is 193 g/mol. The van der Waals surface area contributed by atoms with E-state index in [1.54, 1.807) is 12.3 Å². The van der Waals surface area contributed by atoms with Crippen molar-refractivity contribution in [3.05, 3.63) is 23.9 Å². The molecule has 0 fully saturated rings. The fraction of sp³-hybridized carbons (Fsp3) is 0.400. The molecule has 0 aromatic carbocycles. The summed E-state index contributed by atoms with van der Waals surface area (Å²) < 4.78 is 5.41. The maximum absolute atomic E-state index is 7.16. The highest BCUT2D eigenvalue weighted by Gasteiger charge is 2.01. The van der Waals surface area contributed by atoms with Crippen LogP contribution in [-0.4, -0.2) is 16.9 Å². The SMILES string of the molecule is CC(C)Oc1cc(CC(=N)N)ccn1. The standard InChI is InChI=1S/C10H15N3O/c1-7(2)14-10-6-8(3-4-13-10)5-9(11)12/h3-4,6-7H,5H2,1-2H3,(H3,11,12). The fourth-order valence-electron chi connectivity index (χ4n) is 1.09. The number of nitrogens with zero attached hydrogens (tertiary/aromatic N) is 1. The van der Waals surface area contributed by atoms with Gasteiger partial charge in [0.05, 0.1) is 11.9 Å². The minimum absolute atomic E-state index is 0.107. The molecule has 0 radical (unpaired) electrons. The number of rotatable bonds is 4. The summed E-state index contributed by atoms with van der Waals surface area (Å²) in [4.78, 5) is 4.05. The molecule has 1 rings (SSSR count). The van der Waals surface area contributed by atoms with Crippen molar-refractivity contribution in [2.24, 2.45) is 5.73 Å². The van der Waals surface area contributed by atoms with Crippen LogP contribution in [0.15, 0.2) is 18.3 Å². The molecule has 4 heteroatoms. The Hall–Kier alpha value is -1.58. The van der Waals surface area contributed by atoms with Gasteiger partial charge in [0, 0.05) is 18.7 Å². The topological polar surface area (TPSA) is 72.0 Å². The number of nitrogens with one attached hydrogen (secondary N) is 1. The number of hydrogen-bond donors (Lipinski definition) is 2. The minimum Gasteiger partial charge on any atom is -0.475 e. The van der Waals surface area contributed by atoms with Gasteiger partial charge in [-0.2, -0.15) is 0 Å². The molecule has 1 aromatic rings. The molecule has 0 aliphatic heterocycles. The Morgan fingerprint density at radius 1 is 1.64 bits per heavy atom. The molecule has 14 heavy (non-hydrogen) atoms. The second-order valence-corrected chi connectivity index (χ2v) is 3.37. The Balaban J connectivity index is 2.73. The first kappa shape index (κ1) is 10.5. The summed E-state index contributed by atoms with van der Waals surface area (Å²) in [6, 6.07) is 3.63. The Morgan fingerprint density at radius 3 is 2.93 bits per heavy atom. The third-order valence-corrected chi connectivity index (χ3v) is 1.55. The molecular weight excluding hydrogens is 178 g/mol. The van der Waals surface area contributed by atoms with E-state index >= 15 is 0 Å². The maximum atomic E-state index is 7.16. The Bertz CT molecular complexity index is 323. The van der Waals surface area contributed by atoms with E-state index in [2.05, 4.69) is 4.98 Å². The van der Waals surface area contributed by atoms with Gasteiger partial charge < -0.3 is 10.5 Å². The van der Waals surface area contributed by atoms with Crippen LogP contribution in [0.25, 0.3) is 0 Å². The van der Waals surface area contributed by atoms with Gasteiger partial charge in [-0.25, -0.2) is 4.98 Å². The van der Waals surface area contributed by atoms with E-state index in [-0.39, 0.29) is 11.9 Å². The van der Waals surface area contributed by atoms with Crippen molar-refractivity contribution in [2.75, 3.05) is 0 Å². The van der Waals surface area contributed by atoms with Gasteiger partial charge in [0.25, 0.3) is 0 Å². The van der Waals surface area contributed by atoms with Crippen LogP contribution in [0.4, 0.5) is 0 Å². The molecule has 0 spiro atoms. The van der Waals surface area contributed by atoms with E-state index in [9.17, 15) is 0 Å². The van der Waals surface area contributed by atoms with Gasteiger partial charge >= 0.3 is 0 Å². The van der Waals surface area contributed by atoms with Crippen LogP contribution in [0.2, 0.25) is 0 Å². The first-order chi connectivity index (χ1) is 6.58. The van der Waals surface area contributed by atoms with Crippen molar-refractivity contribution in [3.63, 3.8) is 0 Å². The number of hydrogen-bond acceptors (Lipinski definition) is 3. The van der Waals surface area contributed by atoms with Crippen molar-refractivity contribution in [1.29, 1.82) is 5.41 Å². The van der Waals surface area contributed by atoms with E-state index in [4.69, 9.17) is 15.9 Å². The van der Waals surface area contributed by atoms with Gasteiger partial charge in [0.1, 0.15) is 0 Å². The van der Waals surface area contributed by atoms with Crippen molar-refractivity contribution < 1.29 is 4.74 Å². The van der Waals surface area contributed by atoms with Crippen LogP contribution >= 0.6 is 0 Å². The van der Waals surface area contributed by atoms with E-state index in [0.29, 0.717) is 12.3 Å². The molecule has 0 atom stereocenters. The highest BCUT2D eigenvalue weighted by atomic mass is 16.5. The lowest BCUT2D eigenvalue weighted by Gasteiger charge is -2.09. The summed E-state index contributed by atoms with van der Waals surface area (Å²) in [7, 11) is 0. The average Bonchev–Trinajstić information content (AvgIpc) is 2.01. The zero-order chi connectivity index (χ0) is 10.6. The van der Waals surface area contributed by atoms with Crippen LogP contribution in [0.5, 0.6) is 5.88 Å². The van der Waals surface area contributed by atoms with Gasteiger partial charge in [0.2, 0.25) is 5.88 Å². The molecule has 0 aliphatic rings. The largest absolute Gasteiger partial charge is 0.475 e. The van der Waals surface area contributed by atoms with Crippen molar-refractivity contribution >= 4 is 5.84 Å². The number of aromatic nitrogens is 1. The molecule has 1 heterocycles. The normalized spacial score (nSPS) is 10.2. The van der Waals surface area contributed by atoms with Gasteiger partial charge in [-0.3, -0.25) is 5.41 Å². The van der Waals surface area contributed by atoms with E-state index in [1.807, 2.05) is 19.9 Å². The Kier molecular flexibility index (Phi) is 3.45. The second-order valence-electron chi connectivity index (χ2n) is 3.37. The summed E-state index contributed by atoms with van der Waals surface area (Å²) in [5.74, 6) is 0.727. The molecular formula is C10H15N3O. The summed E-state index contributed by atoms with van der Waals surface area (Å²) in [6.07, 6.45) is 2.21. The molecule has 1 aromatic heterocycles. The highest BCUT2D eigenvalue weighted by Crippen LogP contribution is 2.11. The third-order valence-electron chi connectivity index (χ3n) is 1.55. The minimum atomic E-state index is 0.107. The summed E-state index contributed by atoms with van der Waals surface area (Å²) >= 11 is 0. The van der Waals surface area contributed by atoms with Crippen LogP contribution < -0.4 is 10.5 Å². The van der Waals surface area contributed by atoms with Gasteiger partial charge in [-0.1, -0.05) is 0 Å². The summed E-state index contributed by atoms with van der Waals surface area (Å²) in [5, 5.41) is 7.16. The van der Waals surface area contributed by atoms with Crippen LogP contribution in [0.1, 0.15) is 19.4 Å². The molecule has 0 bridgehead atoms. The van der Waals surface area contributed by atoms with Crippen LogP contribution in [0.3, 0.4) is 0 Å². The lowest BCUT2D eigenvalue weighted by Crippen LogP contribution is -2.13.